The number of aromatic nitrogens is 1. The van der Waals surface area contributed by atoms with Crippen molar-refractivity contribution in [2.45, 2.75) is 6.18 Å². The molecule has 0 bridgehead atoms. The molecule has 0 aliphatic heterocycles. The van der Waals surface area contributed by atoms with Gasteiger partial charge in [0.05, 0.1) is 5.56 Å². The van der Waals surface area contributed by atoms with E-state index in [4.69, 9.17) is 0 Å². The molecule has 76 valence electrons. The third kappa shape index (κ3) is 1.81. The van der Waals surface area contributed by atoms with Gasteiger partial charge in [0, 0.05) is 6.20 Å². The normalized spacial score (nSPS) is 11.4. The molecule has 1 aromatic heterocycles. The van der Waals surface area contributed by atoms with Gasteiger partial charge in [-0.2, -0.15) is 13.2 Å². The van der Waals surface area contributed by atoms with Crippen LogP contribution in [0.4, 0.5) is 17.6 Å². The van der Waals surface area contributed by atoms with Crippen LogP contribution in [0.25, 0.3) is 0 Å². The number of carbonyl (C=O) groups excluding carboxylic acids is 1. The van der Waals surface area contributed by atoms with E-state index in [1.54, 1.807) is 0 Å². The molecule has 0 aromatic carbocycles. The summed E-state index contributed by atoms with van der Waals surface area (Å²) in [6, 6.07) is 0.785. The Morgan fingerprint density at radius 1 is 1.43 bits per heavy atom. The smallest absolute Gasteiger partial charge is 0.366 e. The molecular formula is C7H4F4N2O. The molecule has 0 aliphatic carbocycles. The van der Waals surface area contributed by atoms with Crippen molar-refractivity contribution < 1.29 is 22.4 Å². The highest BCUT2D eigenvalue weighted by Crippen LogP contribution is 2.30. The zero-order valence-electron chi connectivity index (χ0n) is 6.60. The predicted molar refractivity (Wildman–Crippen MR) is 37.7 cm³/mol. The number of hydrogen-bond acceptors (Lipinski definition) is 2. The van der Waals surface area contributed by atoms with Crippen LogP contribution >= 0.6 is 0 Å². The highest BCUT2D eigenvalue weighted by molar-refractivity contribution is 5.93. The number of nitrogens with zero attached hydrogens (tertiary/aromatic N) is 1. The molecule has 1 heterocycles. The molecule has 3 nitrogen and oxygen atoms in total. The maximum absolute atomic E-state index is 12.9. The monoisotopic (exact) mass is 208 g/mol. The first-order valence-electron chi connectivity index (χ1n) is 3.35. The Balaban J connectivity index is 3.35. The fraction of sp³-hybridized carbons (Fsp3) is 0.143. The summed E-state index contributed by atoms with van der Waals surface area (Å²) >= 11 is 0. The summed E-state index contributed by atoms with van der Waals surface area (Å²) in [5, 5.41) is 0. The summed E-state index contributed by atoms with van der Waals surface area (Å²) in [6.45, 7) is 0. The number of pyridine rings is 1. The molecule has 1 rings (SSSR count). The zero-order valence-corrected chi connectivity index (χ0v) is 6.60. The Labute approximate surface area is 75.5 Å². The van der Waals surface area contributed by atoms with Crippen molar-refractivity contribution in [3.05, 3.63) is 29.3 Å². The summed E-state index contributed by atoms with van der Waals surface area (Å²) in [5.74, 6) is -3.01. The Morgan fingerprint density at radius 3 is 2.43 bits per heavy atom. The van der Waals surface area contributed by atoms with Gasteiger partial charge < -0.3 is 5.73 Å². The molecule has 0 unspecified atom stereocenters. The minimum absolute atomic E-state index is 0.673. The summed E-state index contributed by atoms with van der Waals surface area (Å²) in [7, 11) is 0. The van der Waals surface area contributed by atoms with Crippen LogP contribution in [0, 0.1) is 5.82 Å². The van der Waals surface area contributed by atoms with E-state index in [-0.39, 0.29) is 0 Å². The van der Waals surface area contributed by atoms with Crippen LogP contribution in [-0.4, -0.2) is 10.9 Å². The van der Waals surface area contributed by atoms with Gasteiger partial charge in [-0.3, -0.25) is 4.79 Å². The van der Waals surface area contributed by atoms with Crippen molar-refractivity contribution in [1.29, 1.82) is 0 Å². The van der Waals surface area contributed by atoms with E-state index in [9.17, 15) is 22.4 Å². The zero-order chi connectivity index (χ0) is 10.9. The van der Waals surface area contributed by atoms with E-state index in [1.165, 1.54) is 0 Å². The van der Waals surface area contributed by atoms with Gasteiger partial charge in [0.1, 0.15) is 0 Å². The van der Waals surface area contributed by atoms with Crippen molar-refractivity contribution in [3.8, 4) is 0 Å². The van der Waals surface area contributed by atoms with Gasteiger partial charge in [0.2, 0.25) is 0 Å². The first-order chi connectivity index (χ1) is 6.34. The lowest BCUT2D eigenvalue weighted by Gasteiger charge is -2.07. The van der Waals surface area contributed by atoms with Gasteiger partial charge in [-0.25, -0.2) is 9.37 Å². The van der Waals surface area contributed by atoms with E-state index in [1.807, 2.05) is 0 Å². The first kappa shape index (κ1) is 10.4. The number of hydrogen-bond donors (Lipinski definition) is 1. The third-order valence-corrected chi connectivity index (χ3v) is 1.42. The molecule has 0 radical (unpaired) electrons. The number of nitrogens with two attached hydrogens (primary N) is 1. The molecular weight excluding hydrogens is 204 g/mol. The molecule has 7 heteroatoms. The van der Waals surface area contributed by atoms with Crippen LogP contribution in [0.3, 0.4) is 0 Å². The molecule has 0 fully saturated rings. The van der Waals surface area contributed by atoms with Gasteiger partial charge in [-0.15, -0.1) is 0 Å². The van der Waals surface area contributed by atoms with E-state index in [0.717, 1.165) is 6.07 Å². The van der Waals surface area contributed by atoms with Crippen LogP contribution in [0.1, 0.15) is 16.1 Å². The average molecular weight is 208 g/mol. The molecule has 0 aliphatic rings. The van der Waals surface area contributed by atoms with Crippen LogP contribution in [0.15, 0.2) is 12.3 Å². The fourth-order valence-corrected chi connectivity index (χ4v) is 0.832. The Kier molecular flexibility index (Phi) is 2.41. The largest absolute Gasteiger partial charge is 0.436 e. The second kappa shape index (κ2) is 3.24. The number of halogens is 4. The summed E-state index contributed by atoms with van der Waals surface area (Å²) in [4.78, 5) is 13.3. The van der Waals surface area contributed by atoms with Crippen molar-refractivity contribution >= 4 is 5.91 Å². The number of rotatable bonds is 1. The standard InChI is InChI=1S/C7H4F4N2O/c8-4-3(6(12)14)1-2-13-5(4)7(9,10)11/h1-2H,(H2,12,14). The van der Waals surface area contributed by atoms with E-state index < -0.39 is 29.2 Å². The Bertz CT molecular complexity index is 374. The van der Waals surface area contributed by atoms with Gasteiger partial charge in [0.25, 0.3) is 5.91 Å². The Hall–Kier alpha value is -1.66. The molecule has 1 aromatic rings. The van der Waals surface area contributed by atoms with Gasteiger partial charge in [0.15, 0.2) is 11.5 Å². The molecule has 1 amide bonds. The molecule has 0 atom stereocenters. The third-order valence-electron chi connectivity index (χ3n) is 1.42. The van der Waals surface area contributed by atoms with Gasteiger partial charge in [-0.05, 0) is 6.07 Å². The lowest BCUT2D eigenvalue weighted by Crippen LogP contribution is -2.18. The van der Waals surface area contributed by atoms with E-state index in [0.29, 0.717) is 6.20 Å². The number of carbonyl (C=O) groups is 1. The highest BCUT2D eigenvalue weighted by Gasteiger charge is 2.37. The molecule has 2 N–H and O–H groups in total. The minimum atomic E-state index is -4.93. The van der Waals surface area contributed by atoms with Gasteiger partial charge >= 0.3 is 6.18 Å². The van der Waals surface area contributed by atoms with Crippen LogP contribution in [-0.2, 0) is 6.18 Å². The second-order valence-electron chi connectivity index (χ2n) is 2.38. The quantitative estimate of drug-likeness (QED) is 0.708. The summed E-state index contributed by atoms with van der Waals surface area (Å²) in [5.41, 5.74) is 2.08. The average Bonchev–Trinajstić information content (AvgIpc) is 2.01. The summed E-state index contributed by atoms with van der Waals surface area (Å²) in [6.07, 6.45) is -4.26. The lowest BCUT2D eigenvalue weighted by molar-refractivity contribution is -0.143. The van der Waals surface area contributed by atoms with Gasteiger partial charge in [-0.1, -0.05) is 0 Å². The van der Waals surface area contributed by atoms with Crippen LogP contribution in [0.5, 0.6) is 0 Å². The topological polar surface area (TPSA) is 56.0 Å². The minimum Gasteiger partial charge on any atom is -0.366 e. The predicted octanol–water partition coefficient (Wildman–Crippen LogP) is 1.34. The van der Waals surface area contributed by atoms with Crippen LogP contribution < -0.4 is 5.73 Å². The van der Waals surface area contributed by atoms with E-state index >= 15 is 0 Å². The maximum Gasteiger partial charge on any atom is 0.436 e. The van der Waals surface area contributed by atoms with Crippen molar-refractivity contribution in [2.75, 3.05) is 0 Å². The maximum atomic E-state index is 12.9. The molecule has 14 heavy (non-hydrogen) atoms. The lowest BCUT2D eigenvalue weighted by atomic mass is 10.2. The second-order valence-corrected chi connectivity index (χ2v) is 2.38. The fourth-order valence-electron chi connectivity index (χ4n) is 0.832. The van der Waals surface area contributed by atoms with Crippen molar-refractivity contribution in [1.82, 2.24) is 4.98 Å². The Morgan fingerprint density at radius 2 is 2.00 bits per heavy atom. The van der Waals surface area contributed by atoms with Crippen LogP contribution in [0.2, 0.25) is 0 Å². The highest BCUT2D eigenvalue weighted by atomic mass is 19.4. The first-order valence-corrected chi connectivity index (χ1v) is 3.35. The van der Waals surface area contributed by atoms with Crippen molar-refractivity contribution in [3.63, 3.8) is 0 Å². The number of alkyl halides is 3. The molecule has 0 saturated carbocycles. The number of amides is 1. The molecule has 0 saturated heterocycles. The van der Waals surface area contributed by atoms with E-state index in [2.05, 4.69) is 10.7 Å². The van der Waals surface area contributed by atoms with Crippen molar-refractivity contribution in [2.24, 2.45) is 5.73 Å². The SMILES string of the molecule is NC(=O)c1ccnc(C(F)(F)F)c1F. The summed E-state index contributed by atoms with van der Waals surface area (Å²) < 4.78 is 49.0. The molecule has 0 spiro atoms. The number of primary amides is 1.